The van der Waals surface area contributed by atoms with Crippen molar-refractivity contribution < 1.29 is 14.3 Å². The maximum Gasteiger partial charge on any atom is 0.337 e. The number of carbonyl (C=O) groups excluding carboxylic acids is 1. The summed E-state index contributed by atoms with van der Waals surface area (Å²) < 4.78 is 10.1. The molecule has 1 aromatic heterocycles. The molecule has 0 saturated carbocycles. The van der Waals surface area contributed by atoms with E-state index in [2.05, 4.69) is 20.0 Å². The molecule has 0 aliphatic heterocycles. The fourth-order valence-electron chi connectivity index (χ4n) is 1.53. The summed E-state index contributed by atoms with van der Waals surface area (Å²) in [6.45, 7) is 1.05. The van der Waals surface area contributed by atoms with E-state index in [4.69, 9.17) is 4.74 Å². The number of esters is 1. The van der Waals surface area contributed by atoms with E-state index < -0.39 is 0 Å². The van der Waals surface area contributed by atoms with Crippen molar-refractivity contribution in [3.8, 4) is 5.75 Å². The molecule has 1 aromatic carbocycles. The molecule has 104 valence electrons. The minimum Gasteiger partial charge on any atom is -0.492 e. The highest BCUT2D eigenvalue weighted by atomic mass is 16.5. The molecule has 0 bridgehead atoms. The zero-order valence-corrected chi connectivity index (χ0v) is 11.1. The van der Waals surface area contributed by atoms with Crippen molar-refractivity contribution in [2.45, 2.75) is 0 Å². The number of hydrogen-bond donors (Lipinski definition) is 1. The van der Waals surface area contributed by atoms with Crippen LogP contribution >= 0.6 is 0 Å². The van der Waals surface area contributed by atoms with E-state index in [1.165, 1.54) is 7.11 Å². The van der Waals surface area contributed by atoms with Crippen molar-refractivity contribution >= 4 is 11.9 Å². The Morgan fingerprint density at radius 2 is 1.90 bits per heavy atom. The highest BCUT2D eigenvalue weighted by Gasteiger charge is 2.04. The summed E-state index contributed by atoms with van der Waals surface area (Å²) in [5.74, 6) is 0.894. The number of carbonyl (C=O) groups is 1. The number of methoxy groups -OCH3 is 1. The average molecular weight is 273 g/mol. The third kappa shape index (κ3) is 3.94. The van der Waals surface area contributed by atoms with Gasteiger partial charge in [-0.3, -0.25) is 0 Å². The van der Waals surface area contributed by atoms with Crippen LogP contribution in [0.25, 0.3) is 0 Å². The molecule has 0 saturated heterocycles. The first-order chi connectivity index (χ1) is 9.79. The maximum atomic E-state index is 11.3. The van der Waals surface area contributed by atoms with Crippen LogP contribution < -0.4 is 10.1 Å². The molecule has 0 amide bonds. The van der Waals surface area contributed by atoms with Gasteiger partial charge in [-0.15, -0.1) is 0 Å². The van der Waals surface area contributed by atoms with Gasteiger partial charge in [0.15, 0.2) is 0 Å². The second-order valence-electron chi connectivity index (χ2n) is 3.86. The molecule has 0 unspecified atom stereocenters. The summed E-state index contributed by atoms with van der Waals surface area (Å²) in [5.41, 5.74) is 0.496. The van der Waals surface area contributed by atoms with Crippen LogP contribution in [0.4, 0.5) is 5.95 Å². The van der Waals surface area contributed by atoms with Crippen LogP contribution in [0.2, 0.25) is 0 Å². The first-order valence-corrected chi connectivity index (χ1v) is 6.11. The molecule has 1 N–H and O–H groups in total. The monoisotopic (exact) mass is 273 g/mol. The van der Waals surface area contributed by atoms with E-state index in [0.29, 0.717) is 30.4 Å². The zero-order valence-electron chi connectivity index (χ0n) is 11.1. The molecular formula is C14H15N3O3. The molecule has 1 heterocycles. The minimum absolute atomic E-state index is 0.362. The lowest BCUT2D eigenvalue weighted by atomic mass is 10.2. The molecule has 0 fully saturated rings. The molecule has 0 aliphatic carbocycles. The van der Waals surface area contributed by atoms with Gasteiger partial charge in [0.2, 0.25) is 5.95 Å². The Balaban J connectivity index is 1.75. The molecule has 6 heteroatoms. The summed E-state index contributed by atoms with van der Waals surface area (Å²) in [6.07, 6.45) is 3.34. The molecule has 0 atom stereocenters. The lowest BCUT2D eigenvalue weighted by Crippen LogP contribution is -2.13. The van der Waals surface area contributed by atoms with Crippen LogP contribution in [-0.4, -0.2) is 36.2 Å². The Morgan fingerprint density at radius 1 is 1.20 bits per heavy atom. The summed E-state index contributed by atoms with van der Waals surface area (Å²) in [4.78, 5) is 19.3. The summed E-state index contributed by atoms with van der Waals surface area (Å²) in [7, 11) is 1.35. The second kappa shape index (κ2) is 7.08. The Hall–Kier alpha value is -2.63. The van der Waals surface area contributed by atoms with Gasteiger partial charge in [-0.1, -0.05) is 0 Å². The van der Waals surface area contributed by atoms with Crippen molar-refractivity contribution in [1.82, 2.24) is 9.97 Å². The van der Waals surface area contributed by atoms with Crippen LogP contribution in [-0.2, 0) is 4.74 Å². The van der Waals surface area contributed by atoms with Gasteiger partial charge in [-0.25, -0.2) is 14.8 Å². The maximum absolute atomic E-state index is 11.3. The first kappa shape index (κ1) is 13.8. The van der Waals surface area contributed by atoms with E-state index in [1.54, 1.807) is 42.7 Å². The Labute approximate surface area is 116 Å². The largest absolute Gasteiger partial charge is 0.492 e. The number of hydrogen-bond acceptors (Lipinski definition) is 6. The Morgan fingerprint density at radius 3 is 2.55 bits per heavy atom. The number of ether oxygens (including phenoxy) is 2. The van der Waals surface area contributed by atoms with Crippen molar-refractivity contribution in [2.24, 2.45) is 0 Å². The van der Waals surface area contributed by atoms with E-state index >= 15 is 0 Å². The summed E-state index contributed by atoms with van der Waals surface area (Å²) in [6, 6.07) is 8.53. The fourth-order valence-corrected chi connectivity index (χ4v) is 1.53. The van der Waals surface area contributed by atoms with Gasteiger partial charge in [0.1, 0.15) is 12.4 Å². The van der Waals surface area contributed by atoms with Crippen molar-refractivity contribution in [3.63, 3.8) is 0 Å². The minimum atomic E-state index is -0.362. The van der Waals surface area contributed by atoms with Gasteiger partial charge in [0.25, 0.3) is 0 Å². The smallest absolute Gasteiger partial charge is 0.337 e. The molecule has 2 rings (SSSR count). The van der Waals surface area contributed by atoms with Gasteiger partial charge >= 0.3 is 5.97 Å². The number of benzene rings is 1. The first-order valence-electron chi connectivity index (χ1n) is 6.11. The molecule has 2 aromatic rings. The van der Waals surface area contributed by atoms with E-state index in [-0.39, 0.29) is 5.97 Å². The fraction of sp³-hybridized carbons (Fsp3) is 0.214. The van der Waals surface area contributed by atoms with Crippen LogP contribution in [0.1, 0.15) is 10.4 Å². The van der Waals surface area contributed by atoms with Crippen molar-refractivity contribution in [1.29, 1.82) is 0 Å². The Kier molecular flexibility index (Phi) is 4.88. The number of nitrogens with one attached hydrogen (secondary N) is 1. The zero-order chi connectivity index (χ0) is 14.2. The van der Waals surface area contributed by atoms with E-state index in [9.17, 15) is 4.79 Å². The van der Waals surface area contributed by atoms with Gasteiger partial charge in [0, 0.05) is 12.4 Å². The molecule has 20 heavy (non-hydrogen) atoms. The van der Waals surface area contributed by atoms with Crippen molar-refractivity contribution in [3.05, 3.63) is 48.3 Å². The number of rotatable bonds is 6. The van der Waals surface area contributed by atoms with Gasteiger partial charge < -0.3 is 14.8 Å². The molecular weight excluding hydrogens is 258 g/mol. The lowest BCUT2D eigenvalue weighted by Gasteiger charge is -2.07. The number of anilines is 1. The number of aromatic nitrogens is 2. The number of nitrogens with zero attached hydrogens (tertiary/aromatic N) is 2. The predicted octanol–water partition coefficient (Wildman–Crippen LogP) is 1.75. The second-order valence-corrected chi connectivity index (χ2v) is 3.86. The normalized spacial score (nSPS) is 9.85. The van der Waals surface area contributed by atoms with Crippen LogP contribution in [0.3, 0.4) is 0 Å². The average Bonchev–Trinajstić information content (AvgIpc) is 2.52. The Bertz CT molecular complexity index is 543. The van der Waals surface area contributed by atoms with Gasteiger partial charge in [0.05, 0.1) is 19.2 Å². The molecule has 0 aliphatic rings. The lowest BCUT2D eigenvalue weighted by molar-refractivity contribution is 0.0600. The van der Waals surface area contributed by atoms with Gasteiger partial charge in [-0.2, -0.15) is 0 Å². The van der Waals surface area contributed by atoms with Gasteiger partial charge in [-0.05, 0) is 30.3 Å². The van der Waals surface area contributed by atoms with Crippen LogP contribution in [0.5, 0.6) is 5.75 Å². The summed E-state index contributed by atoms with van der Waals surface area (Å²) >= 11 is 0. The topological polar surface area (TPSA) is 73.3 Å². The molecule has 0 radical (unpaired) electrons. The SMILES string of the molecule is COC(=O)c1ccc(OCCNc2ncccn2)cc1. The van der Waals surface area contributed by atoms with Crippen LogP contribution in [0.15, 0.2) is 42.7 Å². The quantitative estimate of drug-likeness (QED) is 0.638. The molecule has 0 spiro atoms. The third-order valence-electron chi connectivity index (χ3n) is 2.50. The van der Waals surface area contributed by atoms with Crippen LogP contribution in [0, 0.1) is 0 Å². The predicted molar refractivity (Wildman–Crippen MR) is 73.8 cm³/mol. The third-order valence-corrected chi connectivity index (χ3v) is 2.50. The van der Waals surface area contributed by atoms with E-state index in [0.717, 1.165) is 0 Å². The van der Waals surface area contributed by atoms with Crippen molar-refractivity contribution in [2.75, 3.05) is 25.6 Å². The summed E-state index contributed by atoms with van der Waals surface area (Å²) in [5, 5.41) is 3.03. The molecule has 6 nitrogen and oxygen atoms in total. The highest BCUT2D eigenvalue weighted by molar-refractivity contribution is 5.89. The van der Waals surface area contributed by atoms with E-state index in [1.807, 2.05) is 0 Å². The standard InChI is InChI=1S/C14H15N3O3/c1-19-13(18)11-3-5-12(6-4-11)20-10-9-17-14-15-7-2-8-16-14/h2-8H,9-10H2,1H3,(H,15,16,17). The highest BCUT2D eigenvalue weighted by Crippen LogP contribution is 2.12.